The van der Waals surface area contributed by atoms with E-state index in [2.05, 4.69) is 15.5 Å². The van der Waals surface area contributed by atoms with Gasteiger partial charge in [-0.1, -0.05) is 35.0 Å². The number of nitrogens with zero attached hydrogens (tertiary/aromatic N) is 3. The first-order valence-corrected chi connectivity index (χ1v) is 10.4. The molecular weight excluding hydrogens is 399 g/mol. The minimum atomic E-state index is -0.301. The molecule has 1 aliphatic rings. The first-order chi connectivity index (χ1) is 15.1. The second-order valence-electron chi connectivity index (χ2n) is 7.68. The van der Waals surface area contributed by atoms with Crippen molar-refractivity contribution in [1.29, 1.82) is 0 Å². The SMILES string of the molecule is Cc1ccc(CNC(=O)N2CCC(c3nc(CCOc4ccc(F)cc4)no3)C2)cc1. The Morgan fingerprint density at radius 2 is 2.00 bits per heavy atom. The Labute approximate surface area is 180 Å². The number of urea groups is 1. The number of aromatic nitrogens is 2. The molecule has 1 atom stereocenters. The summed E-state index contributed by atoms with van der Waals surface area (Å²) in [5.41, 5.74) is 2.26. The smallest absolute Gasteiger partial charge is 0.317 e. The Bertz CT molecular complexity index is 1000. The third-order valence-electron chi connectivity index (χ3n) is 5.28. The van der Waals surface area contributed by atoms with Gasteiger partial charge in [0.1, 0.15) is 11.6 Å². The molecule has 2 aromatic carbocycles. The summed E-state index contributed by atoms with van der Waals surface area (Å²) in [4.78, 5) is 18.7. The van der Waals surface area contributed by atoms with Crippen LogP contribution < -0.4 is 10.1 Å². The van der Waals surface area contributed by atoms with Crippen molar-refractivity contribution < 1.29 is 18.4 Å². The second-order valence-corrected chi connectivity index (χ2v) is 7.68. The standard InChI is InChI=1S/C23H25FN4O3/c1-16-2-4-17(5-3-16)14-25-23(29)28-12-10-18(15-28)22-26-21(27-31-22)11-13-30-20-8-6-19(24)7-9-20/h2-9,18H,10-15H2,1H3,(H,25,29). The number of likely N-dealkylation sites (tertiary alicyclic amines) is 1. The number of benzene rings is 2. The number of nitrogens with one attached hydrogen (secondary N) is 1. The monoisotopic (exact) mass is 424 g/mol. The van der Waals surface area contributed by atoms with Crippen molar-refractivity contribution in [2.75, 3.05) is 19.7 Å². The number of hydrogen-bond donors (Lipinski definition) is 1. The summed E-state index contributed by atoms with van der Waals surface area (Å²) < 4.78 is 23.9. The molecule has 1 N–H and O–H groups in total. The Hall–Kier alpha value is -3.42. The van der Waals surface area contributed by atoms with Crippen molar-refractivity contribution in [2.24, 2.45) is 0 Å². The summed E-state index contributed by atoms with van der Waals surface area (Å²) in [5, 5.41) is 6.98. The number of rotatable bonds is 7. The maximum Gasteiger partial charge on any atom is 0.317 e. The normalized spacial score (nSPS) is 15.8. The highest BCUT2D eigenvalue weighted by atomic mass is 19.1. The molecule has 31 heavy (non-hydrogen) atoms. The third kappa shape index (κ3) is 5.59. The summed E-state index contributed by atoms with van der Waals surface area (Å²) in [6.07, 6.45) is 1.26. The van der Waals surface area contributed by atoms with Crippen LogP contribution in [0.25, 0.3) is 0 Å². The highest BCUT2D eigenvalue weighted by molar-refractivity contribution is 5.74. The molecule has 0 bridgehead atoms. The highest BCUT2D eigenvalue weighted by Gasteiger charge is 2.31. The summed E-state index contributed by atoms with van der Waals surface area (Å²) in [7, 11) is 0. The van der Waals surface area contributed by atoms with E-state index in [4.69, 9.17) is 9.26 Å². The van der Waals surface area contributed by atoms with Gasteiger partial charge in [-0.25, -0.2) is 9.18 Å². The molecule has 1 fully saturated rings. The lowest BCUT2D eigenvalue weighted by molar-refractivity contribution is 0.207. The Balaban J connectivity index is 1.22. The van der Waals surface area contributed by atoms with Gasteiger partial charge in [-0.2, -0.15) is 4.98 Å². The zero-order valence-corrected chi connectivity index (χ0v) is 17.4. The van der Waals surface area contributed by atoms with E-state index in [1.165, 1.54) is 17.7 Å². The minimum absolute atomic E-state index is 0.0318. The summed E-state index contributed by atoms with van der Waals surface area (Å²) in [6.45, 7) is 4.10. The molecule has 7 nitrogen and oxygen atoms in total. The highest BCUT2D eigenvalue weighted by Crippen LogP contribution is 2.26. The summed E-state index contributed by atoms with van der Waals surface area (Å²) in [5.74, 6) is 1.42. The number of hydrogen-bond acceptors (Lipinski definition) is 5. The van der Waals surface area contributed by atoms with Gasteiger partial charge < -0.3 is 19.5 Å². The first kappa shape index (κ1) is 20.8. The molecule has 2 heterocycles. The Kier molecular flexibility index (Phi) is 6.45. The fourth-order valence-corrected chi connectivity index (χ4v) is 3.47. The fraction of sp³-hybridized carbons (Fsp3) is 0.348. The topological polar surface area (TPSA) is 80.5 Å². The number of ether oxygens (including phenoxy) is 1. The predicted octanol–water partition coefficient (Wildman–Crippen LogP) is 3.84. The second kappa shape index (κ2) is 9.59. The van der Waals surface area contributed by atoms with Crippen LogP contribution in [0.1, 0.15) is 35.2 Å². The van der Waals surface area contributed by atoms with Gasteiger partial charge in [-0.3, -0.25) is 0 Å². The minimum Gasteiger partial charge on any atom is -0.493 e. The average molecular weight is 424 g/mol. The van der Waals surface area contributed by atoms with Gasteiger partial charge >= 0.3 is 6.03 Å². The van der Waals surface area contributed by atoms with Crippen molar-refractivity contribution in [3.05, 3.63) is 77.2 Å². The van der Waals surface area contributed by atoms with E-state index in [-0.39, 0.29) is 17.8 Å². The van der Waals surface area contributed by atoms with Gasteiger partial charge in [0.25, 0.3) is 0 Å². The maximum absolute atomic E-state index is 12.9. The van der Waals surface area contributed by atoms with Crippen LogP contribution in [0, 0.1) is 12.7 Å². The van der Waals surface area contributed by atoms with Crippen LogP contribution in [0.4, 0.5) is 9.18 Å². The van der Waals surface area contributed by atoms with E-state index < -0.39 is 0 Å². The Morgan fingerprint density at radius 1 is 1.23 bits per heavy atom. The molecule has 2 amide bonds. The van der Waals surface area contributed by atoms with Gasteiger partial charge in [0.05, 0.1) is 12.5 Å². The summed E-state index contributed by atoms with van der Waals surface area (Å²) >= 11 is 0. The van der Waals surface area contributed by atoms with Gasteiger partial charge in [-0.15, -0.1) is 0 Å². The zero-order chi connectivity index (χ0) is 21.6. The van der Waals surface area contributed by atoms with E-state index in [9.17, 15) is 9.18 Å². The molecule has 8 heteroatoms. The molecule has 0 aliphatic carbocycles. The van der Waals surface area contributed by atoms with Crippen molar-refractivity contribution in [3.8, 4) is 5.75 Å². The van der Waals surface area contributed by atoms with E-state index in [0.29, 0.717) is 50.1 Å². The van der Waals surface area contributed by atoms with E-state index in [1.54, 1.807) is 17.0 Å². The molecule has 1 saturated heterocycles. The molecule has 4 rings (SSSR count). The molecule has 1 aliphatic heterocycles. The van der Waals surface area contributed by atoms with E-state index >= 15 is 0 Å². The van der Waals surface area contributed by atoms with Crippen LogP contribution in [0.15, 0.2) is 53.1 Å². The molecular formula is C23H25FN4O3. The van der Waals surface area contributed by atoms with Crippen molar-refractivity contribution in [2.45, 2.75) is 32.2 Å². The lowest BCUT2D eigenvalue weighted by atomic mass is 10.1. The lowest BCUT2D eigenvalue weighted by Crippen LogP contribution is -2.37. The van der Waals surface area contributed by atoms with Gasteiger partial charge in [0.2, 0.25) is 5.89 Å². The average Bonchev–Trinajstić information content (AvgIpc) is 3.44. The molecule has 0 spiro atoms. The van der Waals surface area contributed by atoms with Crippen LogP contribution in [-0.2, 0) is 13.0 Å². The molecule has 1 aromatic heterocycles. The number of aryl methyl sites for hydroxylation is 1. The number of carbonyl (C=O) groups is 1. The van der Waals surface area contributed by atoms with E-state index in [0.717, 1.165) is 12.0 Å². The van der Waals surface area contributed by atoms with Crippen LogP contribution >= 0.6 is 0 Å². The van der Waals surface area contributed by atoms with E-state index in [1.807, 2.05) is 31.2 Å². The van der Waals surface area contributed by atoms with Crippen LogP contribution in [0.2, 0.25) is 0 Å². The van der Waals surface area contributed by atoms with Crippen LogP contribution in [-0.4, -0.2) is 40.8 Å². The number of carbonyl (C=O) groups excluding carboxylic acids is 1. The zero-order valence-electron chi connectivity index (χ0n) is 17.4. The number of halogens is 1. The van der Waals surface area contributed by atoms with Crippen molar-refractivity contribution in [3.63, 3.8) is 0 Å². The van der Waals surface area contributed by atoms with Crippen molar-refractivity contribution >= 4 is 6.03 Å². The van der Waals surface area contributed by atoms with Crippen LogP contribution in [0.3, 0.4) is 0 Å². The molecule has 162 valence electrons. The van der Waals surface area contributed by atoms with Gasteiger partial charge in [-0.05, 0) is 43.2 Å². The lowest BCUT2D eigenvalue weighted by Gasteiger charge is -2.16. The van der Waals surface area contributed by atoms with Gasteiger partial charge in [0, 0.05) is 26.1 Å². The molecule has 3 aromatic rings. The third-order valence-corrected chi connectivity index (χ3v) is 5.28. The van der Waals surface area contributed by atoms with Crippen molar-refractivity contribution in [1.82, 2.24) is 20.4 Å². The fourth-order valence-electron chi connectivity index (χ4n) is 3.47. The Morgan fingerprint density at radius 3 is 2.77 bits per heavy atom. The maximum atomic E-state index is 12.9. The quantitative estimate of drug-likeness (QED) is 0.623. The predicted molar refractivity (Wildman–Crippen MR) is 112 cm³/mol. The largest absolute Gasteiger partial charge is 0.493 e. The first-order valence-electron chi connectivity index (χ1n) is 10.4. The number of amides is 2. The molecule has 0 saturated carbocycles. The van der Waals surface area contributed by atoms with Crippen LogP contribution in [0.5, 0.6) is 5.75 Å². The van der Waals surface area contributed by atoms with Gasteiger partial charge in [0.15, 0.2) is 5.82 Å². The molecule has 0 radical (unpaired) electrons. The molecule has 1 unspecified atom stereocenters. The summed E-state index contributed by atoms with van der Waals surface area (Å²) in [6, 6.07) is 13.9.